The summed E-state index contributed by atoms with van der Waals surface area (Å²) in [6.45, 7) is 3.60. The normalized spacial score (nSPS) is 12.6. The predicted octanol–water partition coefficient (Wildman–Crippen LogP) is 3.54. The first-order valence-corrected chi connectivity index (χ1v) is 5.69. The molecule has 0 aliphatic heterocycles. The van der Waals surface area contributed by atoms with Gasteiger partial charge in [0.15, 0.2) is 0 Å². The van der Waals surface area contributed by atoms with E-state index in [4.69, 9.17) is 11.6 Å². The summed E-state index contributed by atoms with van der Waals surface area (Å²) in [6.07, 6.45) is 0.696. The van der Waals surface area contributed by atoms with Crippen LogP contribution in [0.5, 0.6) is 0 Å². The van der Waals surface area contributed by atoms with Gasteiger partial charge >= 0.3 is 0 Å². The van der Waals surface area contributed by atoms with Crippen LogP contribution in [0, 0.1) is 6.92 Å². The van der Waals surface area contributed by atoms with Gasteiger partial charge in [0, 0.05) is 5.02 Å². The largest absolute Gasteiger partial charge is 0.299 e. The molecule has 0 aliphatic carbocycles. The third-order valence-corrected chi connectivity index (χ3v) is 3.36. The van der Waals surface area contributed by atoms with Crippen LogP contribution in [-0.4, -0.2) is 10.6 Å². The van der Waals surface area contributed by atoms with Gasteiger partial charge in [-0.05, 0) is 43.5 Å². The average molecular weight is 276 g/mol. The molecule has 1 unspecified atom stereocenters. The molecule has 0 fully saturated rings. The molecule has 0 saturated heterocycles. The van der Waals surface area contributed by atoms with E-state index in [2.05, 4.69) is 15.9 Å². The first-order valence-electron chi connectivity index (χ1n) is 4.40. The number of hydrogen-bond donors (Lipinski definition) is 0. The van der Waals surface area contributed by atoms with E-state index in [0.29, 0.717) is 11.4 Å². The summed E-state index contributed by atoms with van der Waals surface area (Å²) in [5, 5.41) is 0.717. The van der Waals surface area contributed by atoms with Gasteiger partial charge in [0.05, 0.1) is 4.83 Å². The van der Waals surface area contributed by atoms with Crippen LogP contribution in [0.25, 0.3) is 0 Å². The molecule has 3 heteroatoms. The second-order valence-corrected chi connectivity index (χ2v) is 4.89. The molecule has 76 valence electrons. The number of carbonyl (C=O) groups is 1. The maximum absolute atomic E-state index is 11.1. The predicted molar refractivity (Wildman–Crippen MR) is 63.3 cm³/mol. The van der Waals surface area contributed by atoms with E-state index in [0.717, 1.165) is 5.56 Å². The second-order valence-electron chi connectivity index (χ2n) is 3.35. The van der Waals surface area contributed by atoms with Gasteiger partial charge in [-0.15, -0.1) is 0 Å². The Labute approximate surface area is 97.6 Å². The number of rotatable bonds is 3. The Balaban J connectivity index is 2.85. The third-order valence-electron chi connectivity index (χ3n) is 2.15. The fourth-order valence-electron chi connectivity index (χ4n) is 1.20. The van der Waals surface area contributed by atoms with E-state index >= 15 is 0 Å². The topological polar surface area (TPSA) is 17.1 Å². The minimum absolute atomic E-state index is 0.111. The molecule has 0 spiro atoms. The van der Waals surface area contributed by atoms with Crippen LogP contribution in [0.15, 0.2) is 18.2 Å². The van der Waals surface area contributed by atoms with Gasteiger partial charge in [-0.2, -0.15) is 0 Å². The molecule has 1 atom stereocenters. The Hall–Kier alpha value is -0.340. The minimum Gasteiger partial charge on any atom is -0.299 e. The zero-order valence-corrected chi connectivity index (χ0v) is 10.5. The van der Waals surface area contributed by atoms with E-state index in [-0.39, 0.29) is 10.6 Å². The molecule has 0 aliphatic rings. The van der Waals surface area contributed by atoms with Crippen LogP contribution < -0.4 is 0 Å². The lowest BCUT2D eigenvalue weighted by atomic mass is 10.0. The van der Waals surface area contributed by atoms with Crippen LogP contribution in [0.2, 0.25) is 5.02 Å². The van der Waals surface area contributed by atoms with Crippen LogP contribution in [0.1, 0.15) is 18.1 Å². The highest BCUT2D eigenvalue weighted by molar-refractivity contribution is 9.10. The zero-order valence-electron chi connectivity index (χ0n) is 8.18. The molecule has 14 heavy (non-hydrogen) atoms. The molecule has 0 bridgehead atoms. The van der Waals surface area contributed by atoms with Crippen molar-refractivity contribution in [2.24, 2.45) is 0 Å². The number of aryl methyl sites for hydroxylation is 1. The number of carbonyl (C=O) groups excluding carboxylic acids is 1. The summed E-state index contributed by atoms with van der Waals surface area (Å²) < 4.78 is 0. The van der Waals surface area contributed by atoms with E-state index in [1.807, 2.05) is 25.1 Å². The van der Waals surface area contributed by atoms with Gasteiger partial charge in [0.2, 0.25) is 0 Å². The molecule has 1 rings (SSSR count). The molecule has 1 aromatic carbocycles. The molecular formula is C11H12BrClO. The Morgan fingerprint density at radius 3 is 2.79 bits per heavy atom. The van der Waals surface area contributed by atoms with Gasteiger partial charge < -0.3 is 0 Å². The lowest BCUT2D eigenvalue weighted by Crippen LogP contribution is -2.13. The highest BCUT2D eigenvalue weighted by Crippen LogP contribution is 2.19. The summed E-state index contributed by atoms with van der Waals surface area (Å²) in [7, 11) is 0. The fraction of sp³-hybridized carbons (Fsp3) is 0.364. The first-order chi connectivity index (χ1) is 6.50. The molecule has 0 N–H and O–H groups in total. The Morgan fingerprint density at radius 1 is 1.57 bits per heavy atom. The van der Waals surface area contributed by atoms with Crippen LogP contribution >= 0.6 is 27.5 Å². The molecule has 0 saturated carbocycles. The number of ketones is 1. The summed E-state index contributed by atoms with van der Waals surface area (Å²) in [6, 6.07) is 5.74. The van der Waals surface area contributed by atoms with Gasteiger partial charge in [0.25, 0.3) is 0 Å². The molecule has 0 aromatic heterocycles. The maximum atomic E-state index is 11.1. The number of hydrogen-bond acceptors (Lipinski definition) is 1. The van der Waals surface area contributed by atoms with E-state index < -0.39 is 0 Å². The number of Topliss-reactive ketones (excluding diaryl/α,β-unsaturated/α-hetero) is 1. The highest BCUT2D eigenvalue weighted by Gasteiger charge is 2.11. The monoisotopic (exact) mass is 274 g/mol. The van der Waals surface area contributed by atoms with Gasteiger partial charge in [-0.25, -0.2) is 0 Å². The number of halogens is 2. The minimum atomic E-state index is -0.111. The third kappa shape index (κ3) is 3.10. The summed E-state index contributed by atoms with van der Waals surface area (Å²) >= 11 is 9.22. The summed E-state index contributed by atoms with van der Waals surface area (Å²) in [5.74, 6) is 0.143. The van der Waals surface area contributed by atoms with Crippen molar-refractivity contribution < 1.29 is 4.79 Å². The van der Waals surface area contributed by atoms with E-state index in [1.165, 1.54) is 5.56 Å². The lowest BCUT2D eigenvalue weighted by molar-refractivity contribution is -0.116. The Kier molecular flexibility index (Phi) is 4.14. The standard InChI is InChI=1S/C11H12BrClO/c1-7-3-4-10(13)5-9(7)6-11(12)8(2)14/h3-5,11H,6H2,1-2H3. The zero-order chi connectivity index (χ0) is 10.7. The van der Waals surface area contributed by atoms with Crippen LogP contribution in [-0.2, 0) is 11.2 Å². The SMILES string of the molecule is CC(=O)C(Br)Cc1cc(Cl)ccc1C. The molecule has 1 nitrogen and oxygen atoms in total. The average Bonchev–Trinajstić information content (AvgIpc) is 2.11. The van der Waals surface area contributed by atoms with E-state index in [9.17, 15) is 4.79 Å². The lowest BCUT2D eigenvalue weighted by Gasteiger charge is -2.09. The second kappa shape index (κ2) is 4.94. The van der Waals surface area contributed by atoms with Crippen molar-refractivity contribution in [3.8, 4) is 0 Å². The van der Waals surface area contributed by atoms with Crippen LogP contribution in [0.4, 0.5) is 0 Å². The molecule has 1 aromatic rings. The van der Waals surface area contributed by atoms with E-state index in [1.54, 1.807) is 6.92 Å². The number of alkyl halides is 1. The van der Waals surface area contributed by atoms with Crippen molar-refractivity contribution >= 4 is 33.3 Å². The van der Waals surface area contributed by atoms with Gasteiger partial charge in [0.1, 0.15) is 5.78 Å². The van der Waals surface area contributed by atoms with Crippen molar-refractivity contribution in [2.45, 2.75) is 25.1 Å². The highest BCUT2D eigenvalue weighted by atomic mass is 79.9. The summed E-state index contributed by atoms with van der Waals surface area (Å²) in [4.78, 5) is 11.0. The first kappa shape index (κ1) is 11.7. The quantitative estimate of drug-likeness (QED) is 0.771. The smallest absolute Gasteiger partial charge is 0.143 e. The maximum Gasteiger partial charge on any atom is 0.143 e. The molecule has 0 amide bonds. The van der Waals surface area contributed by atoms with Crippen molar-refractivity contribution in [3.63, 3.8) is 0 Å². The molecule has 0 radical (unpaired) electrons. The molecular weight excluding hydrogens is 263 g/mol. The van der Waals surface area contributed by atoms with Crippen molar-refractivity contribution in [2.75, 3.05) is 0 Å². The van der Waals surface area contributed by atoms with Gasteiger partial charge in [-0.3, -0.25) is 4.79 Å². The Morgan fingerprint density at radius 2 is 2.21 bits per heavy atom. The number of benzene rings is 1. The fourth-order valence-corrected chi connectivity index (χ4v) is 1.74. The Bertz CT molecular complexity index is 349. The molecule has 0 heterocycles. The van der Waals surface area contributed by atoms with Crippen molar-refractivity contribution in [1.82, 2.24) is 0 Å². The van der Waals surface area contributed by atoms with Crippen LogP contribution in [0.3, 0.4) is 0 Å². The van der Waals surface area contributed by atoms with Gasteiger partial charge in [-0.1, -0.05) is 33.6 Å². The van der Waals surface area contributed by atoms with Crippen molar-refractivity contribution in [1.29, 1.82) is 0 Å². The summed E-state index contributed by atoms with van der Waals surface area (Å²) in [5.41, 5.74) is 2.29. The van der Waals surface area contributed by atoms with Crippen molar-refractivity contribution in [3.05, 3.63) is 34.3 Å².